The molecule has 1 aliphatic rings. The molecule has 0 atom stereocenters. The van der Waals surface area contributed by atoms with E-state index in [2.05, 4.69) is 22.2 Å². The fourth-order valence-electron chi connectivity index (χ4n) is 2.26. The molecule has 112 valence electrons. The fourth-order valence-corrected chi connectivity index (χ4v) is 2.26. The molecular formula is C15H24FN3O. The predicted molar refractivity (Wildman–Crippen MR) is 77.3 cm³/mol. The highest BCUT2D eigenvalue weighted by Gasteiger charge is 2.21. The topological polar surface area (TPSA) is 37.4 Å². The van der Waals surface area contributed by atoms with E-state index in [0.717, 1.165) is 25.9 Å². The summed E-state index contributed by atoms with van der Waals surface area (Å²) >= 11 is 0. The van der Waals surface area contributed by atoms with Gasteiger partial charge in [0.15, 0.2) is 5.82 Å². The number of likely N-dealkylation sites (tertiary alicyclic amines) is 1. The van der Waals surface area contributed by atoms with Gasteiger partial charge >= 0.3 is 0 Å². The molecule has 1 aliphatic heterocycles. The Morgan fingerprint density at radius 1 is 1.45 bits per heavy atom. The van der Waals surface area contributed by atoms with Crippen molar-refractivity contribution in [2.24, 2.45) is 0 Å². The van der Waals surface area contributed by atoms with Crippen molar-refractivity contribution in [1.82, 2.24) is 15.2 Å². The van der Waals surface area contributed by atoms with Crippen molar-refractivity contribution in [1.29, 1.82) is 0 Å². The van der Waals surface area contributed by atoms with Crippen molar-refractivity contribution in [2.75, 3.05) is 20.1 Å². The van der Waals surface area contributed by atoms with Crippen LogP contribution in [0, 0.1) is 5.82 Å². The molecule has 0 radical (unpaired) electrons. The molecule has 2 rings (SSSR count). The summed E-state index contributed by atoms with van der Waals surface area (Å²) in [5.41, 5.74) is 0.608. The summed E-state index contributed by atoms with van der Waals surface area (Å²) in [5, 5.41) is 3.21. The Balaban J connectivity index is 1.99. The Hall–Kier alpha value is -1.20. The smallest absolute Gasteiger partial charge is 0.250 e. The minimum Gasteiger partial charge on any atom is -0.472 e. The molecule has 0 amide bonds. The first-order valence-corrected chi connectivity index (χ1v) is 7.28. The normalized spacial score (nSPS) is 17.6. The summed E-state index contributed by atoms with van der Waals surface area (Å²) in [6, 6.07) is 2.02. The highest BCUT2D eigenvalue weighted by molar-refractivity contribution is 5.23. The zero-order valence-corrected chi connectivity index (χ0v) is 12.5. The van der Waals surface area contributed by atoms with Crippen molar-refractivity contribution in [3.8, 4) is 5.88 Å². The van der Waals surface area contributed by atoms with Gasteiger partial charge in [0.25, 0.3) is 5.88 Å². The molecule has 20 heavy (non-hydrogen) atoms. The second-order valence-corrected chi connectivity index (χ2v) is 5.75. The molecule has 0 unspecified atom stereocenters. The summed E-state index contributed by atoms with van der Waals surface area (Å²) in [5.74, 6) is -0.192. The maximum Gasteiger partial charge on any atom is 0.250 e. The third-order valence-corrected chi connectivity index (χ3v) is 3.58. The quantitative estimate of drug-likeness (QED) is 0.898. The number of nitrogens with zero attached hydrogens (tertiary/aromatic N) is 2. The van der Waals surface area contributed by atoms with Crippen molar-refractivity contribution < 1.29 is 9.13 Å². The molecular weight excluding hydrogens is 257 g/mol. The standard InChI is InChI=1S/C15H24FN3O/c1-11(2)18-10-12-4-7-17-15(14(12)16)20-13-5-8-19(3)9-6-13/h4,7,11,13,18H,5-6,8-10H2,1-3H3. The molecule has 0 bridgehead atoms. The van der Waals surface area contributed by atoms with Crippen LogP contribution in [0.1, 0.15) is 32.3 Å². The number of aromatic nitrogens is 1. The van der Waals surface area contributed by atoms with Gasteiger partial charge in [0, 0.05) is 37.4 Å². The van der Waals surface area contributed by atoms with Gasteiger partial charge in [-0.15, -0.1) is 0 Å². The molecule has 4 nitrogen and oxygen atoms in total. The van der Waals surface area contributed by atoms with Crippen LogP contribution in [0.2, 0.25) is 0 Å². The van der Waals surface area contributed by atoms with Gasteiger partial charge in [0.2, 0.25) is 0 Å². The van der Waals surface area contributed by atoms with Crippen LogP contribution in [0.25, 0.3) is 0 Å². The molecule has 1 aromatic heterocycles. The lowest BCUT2D eigenvalue weighted by atomic mass is 10.1. The average Bonchev–Trinajstić information content (AvgIpc) is 2.42. The zero-order valence-electron chi connectivity index (χ0n) is 12.5. The van der Waals surface area contributed by atoms with Crippen LogP contribution < -0.4 is 10.1 Å². The summed E-state index contributed by atoms with van der Waals surface area (Å²) in [6.07, 6.45) is 3.53. The first kappa shape index (κ1) is 15.2. The number of nitrogens with one attached hydrogen (secondary N) is 1. The maximum atomic E-state index is 14.3. The molecule has 1 fully saturated rings. The lowest BCUT2D eigenvalue weighted by molar-refractivity contribution is 0.105. The highest BCUT2D eigenvalue weighted by atomic mass is 19.1. The monoisotopic (exact) mass is 281 g/mol. The summed E-state index contributed by atoms with van der Waals surface area (Å²) < 4.78 is 20.1. The second-order valence-electron chi connectivity index (χ2n) is 5.75. The van der Waals surface area contributed by atoms with Gasteiger partial charge in [0.05, 0.1) is 0 Å². The number of hydrogen-bond donors (Lipinski definition) is 1. The minimum absolute atomic E-state index is 0.0708. The largest absolute Gasteiger partial charge is 0.472 e. The zero-order chi connectivity index (χ0) is 14.5. The number of hydrogen-bond acceptors (Lipinski definition) is 4. The first-order valence-electron chi connectivity index (χ1n) is 7.28. The summed E-state index contributed by atoms with van der Waals surface area (Å²) in [7, 11) is 2.09. The van der Waals surface area contributed by atoms with Gasteiger partial charge in [0.1, 0.15) is 6.10 Å². The van der Waals surface area contributed by atoms with Crippen LogP contribution in [0.5, 0.6) is 5.88 Å². The van der Waals surface area contributed by atoms with E-state index in [9.17, 15) is 4.39 Å². The molecule has 5 heteroatoms. The van der Waals surface area contributed by atoms with Crippen molar-refractivity contribution in [3.63, 3.8) is 0 Å². The molecule has 0 spiro atoms. The Bertz CT molecular complexity index is 431. The van der Waals surface area contributed by atoms with E-state index in [1.54, 1.807) is 12.3 Å². The van der Waals surface area contributed by atoms with Gasteiger partial charge in [-0.2, -0.15) is 0 Å². The SMILES string of the molecule is CC(C)NCc1ccnc(OC2CCN(C)CC2)c1F. The fraction of sp³-hybridized carbons (Fsp3) is 0.667. The van der Waals surface area contributed by atoms with Gasteiger partial charge in [-0.05, 0) is 26.0 Å². The van der Waals surface area contributed by atoms with E-state index >= 15 is 0 Å². The van der Waals surface area contributed by atoms with E-state index in [1.807, 2.05) is 13.8 Å². The van der Waals surface area contributed by atoms with Gasteiger partial charge in [-0.1, -0.05) is 13.8 Å². The second kappa shape index (κ2) is 6.99. The number of halogens is 1. The Morgan fingerprint density at radius 3 is 2.80 bits per heavy atom. The third-order valence-electron chi connectivity index (χ3n) is 3.58. The van der Waals surface area contributed by atoms with Crippen LogP contribution in [0.3, 0.4) is 0 Å². The van der Waals surface area contributed by atoms with E-state index < -0.39 is 0 Å². The first-order chi connectivity index (χ1) is 9.56. The predicted octanol–water partition coefficient (Wildman–Crippen LogP) is 2.19. The van der Waals surface area contributed by atoms with E-state index in [4.69, 9.17) is 4.74 Å². The molecule has 1 aromatic rings. The number of ether oxygens (including phenoxy) is 1. The Morgan fingerprint density at radius 2 is 2.15 bits per heavy atom. The lowest BCUT2D eigenvalue weighted by Crippen LogP contribution is -2.36. The molecule has 0 saturated carbocycles. The average molecular weight is 281 g/mol. The number of rotatable bonds is 5. The Kier molecular flexibility index (Phi) is 5.31. The maximum absolute atomic E-state index is 14.3. The minimum atomic E-state index is -0.334. The van der Waals surface area contributed by atoms with Crippen molar-refractivity contribution >= 4 is 0 Å². The lowest BCUT2D eigenvalue weighted by Gasteiger charge is -2.29. The van der Waals surface area contributed by atoms with Crippen LogP contribution in [-0.2, 0) is 6.54 Å². The van der Waals surface area contributed by atoms with Gasteiger partial charge in [-0.3, -0.25) is 0 Å². The highest BCUT2D eigenvalue weighted by Crippen LogP contribution is 2.21. The van der Waals surface area contributed by atoms with Crippen LogP contribution in [0.4, 0.5) is 4.39 Å². The number of piperidine rings is 1. The van der Waals surface area contributed by atoms with E-state index in [1.165, 1.54) is 0 Å². The Labute approximate surface area is 120 Å². The molecule has 1 saturated heterocycles. The third kappa shape index (κ3) is 4.15. The molecule has 1 N–H and O–H groups in total. The number of pyridine rings is 1. The van der Waals surface area contributed by atoms with Crippen LogP contribution in [0.15, 0.2) is 12.3 Å². The van der Waals surface area contributed by atoms with E-state index in [-0.39, 0.29) is 17.8 Å². The van der Waals surface area contributed by atoms with Crippen LogP contribution >= 0.6 is 0 Å². The molecule has 2 heterocycles. The molecule has 0 aromatic carbocycles. The van der Waals surface area contributed by atoms with Crippen LogP contribution in [-0.4, -0.2) is 42.2 Å². The van der Waals surface area contributed by atoms with Gasteiger partial charge < -0.3 is 15.0 Å². The summed E-state index contributed by atoms with van der Waals surface area (Å²) in [6.45, 7) is 6.54. The van der Waals surface area contributed by atoms with E-state index in [0.29, 0.717) is 18.2 Å². The molecule has 0 aliphatic carbocycles. The van der Waals surface area contributed by atoms with Gasteiger partial charge in [-0.25, -0.2) is 9.37 Å². The van der Waals surface area contributed by atoms with Crippen molar-refractivity contribution in [3.05, 3.63) is 23.6 Å². The van der Waals surface area contributed by atoms with Crippen molar-refractivity contribution in [2.45, 2.75) is 45.4 Å². The summed E-state index contributed by atoms with van der Waals surface area (Å²) in [4.78, 5) is 6.30.